The van der Waals surface area contributed by atoms with E-state index in [4.69, 9.17) is 5.73 Å². The van der Waals surface area contributed by atoms with Gasteiger partial charge in [-0.25, -0.2) is 0 Å². The zero-order valence-electron chi connectivity index (χ0n) is 8.59. The topological polar surface area (TPSA) is 29.3 Å². The summed E-state index contributed by atoms with van der Waals surface area (Å²) in [5.41, 5.74) is 5.34. The van der Waals surface area contributed by atoms with Crippen LogP contribution in [0.3, 0.4) is 0 Å². The van der Waals surface area contributed by atoms with Crippen molar-refractivity contribution in [1.29, 1.82) is 0 Å². The van der Waals surface area contributed by atoms with Gasteiger partial charge in [0.05, 0.1) is 0 Å². The van der Waals surface area contributed by atoms with Crippen LogP contribution < -0.4 is 5.73 Å². The fraction of sp³-hybridized carbons (Fsp3) is 0.800. The molecule has 0 aliphatic heterocycles. The van der Waals surface area contributed by atoms with Crippen molar-refractivity contribution in [2.24, 2.45) is 11.7 Å². The van der Waals surface area contributed by atoms with E-state index >= 15 is 0 Å². The highest BCUT2D eigenvalue weighted by molar-refractivity contribution is 4.84. The summed E-state index contributed by atoms with van der Waals surface area (Å²) in [7, 11) is 2.15. The van der Waals surface area contributed by atoms with Crippen molar-refractivity contribution >= 4 is 0 Å². The van der Waals surface area contributed by atoms with Crippen molar-refractivity contribution in [2.75, 3.05) is 26.7 Å². The average molecular weight is 170 g/mol. The van der Waals surface area contributed by atoms with Gasteiger partial charge in [-0.2, -0.15) is 0 Å². The summed E-state index contributed by atoms with van der Waals surface area (Å²) >= 11 is 0. The molecule has 1 atom stereocenters. The Labute approximate surface area is 76.4 Å². The van der Waals surface area contributed by atoms with E-state index < -0.39 is 0 Å². The number of rotatable bonds is 6. The second kappa shape index (κ2) is 7.32. The van der Waals surface area contributed by atoms with Crippen LogP contribution in [0.5, 0.6) is 0 Å². The van der Waals surface area contributed by atoms with Crippen LogP contribution >= 0.6 is 0 Å². The molecule has 72 valence electrons. The molecule has 12 heavy (non-hydrogen) atoms. The van der Waals surface area contributed by atoms with E-state index in [9.17, 15) is 0 Å². The van der Waals surface area contributed by atoms with Gasteiger partial charge in [-0.3, -0.25) is 0 Å². The Hall–Kier alpha value is -0.340. The monoisotopic (exact) mass is 170 g/mol. The van der Waals surface area contributed by atoms with Crippen LogP contribution in [-0.4, -0.2) is 31.6 Å². The molecule has 0 bridgehead atoms. The van der Waals surface area contributed by atoms with Crippen LogP contribution in [0, 0.1) is 5.92 Å². The molecule has 0 saturated heterocycles. The summed E-state index contributed by atoms with van der Waals surface area (Å²) in [6.07, 6.45) is 5.39. The molecule has 0 rings (SSSR count). The zero-order valence-corrected chi connectivity index (χ0v) is 8.59. The highest BCUT2D eigenvalue weighted by atomic mass is 15.1. The van der Waals surface area contributed by atoms with Crippen molar-refractivity contribution in [3.8, 4) is 0 Å². The van der Waals surface area contributed by atoms with Gasteiger partial charge in [0.1, 0.15) is 0 Å². The summed E-state index contributed by atoms with van der Waals surface area (Å²) in [6, 6.07) is 0. The van der Waals surface area contributed by atoms with Crippen LogP contribution in [-0.2, 0) is 0 Å². The molecule has 2 N–H and O–H groups in total. The Morgan fingerprint density at radius 2 is 2.08 bits per heavy atom. The van der Waals surface area contributed by atoms with E-state index in [1.165, 1.54) is 13.0 Å². The molecule has 0 amide bonds. The molecule has 0 aromatic carbocycles. The Morgan fingerprint density at radius 3 is 2.58 bits per heavy atom. The quantitative estimate of drug-likeness (QED) is 0.612. The highest BCUT2D eigenvalue weighted by Crippen LogP contribution is 2.01. The smallest absolute Gasteiger partial charge is 0.0160 e. The first-order valence-electron chi connectivity index (χ1n) is 4.74. The number of hydrogen-bond acceptors (Lipinski definition) is 2. The first kappa shape index (κ1) is 11.7. The van der Waals surface area contributed by atoms with Gasteiger partial charge in [-0.15, -0.1) is 0 Å². The van der Waals surface area contributed by atoms with Crippen LogP contribution in [0.2, 0.25) is 0 Å². The molecule has 0 aromatic rings. The van der Waals surface area contributed by atoms with Gasteiger partial charge in [0.25, 0.3) is 0 Å². The van der Waals surface area contributed by atoms with Gasteiger partial charge >= 0.3 is 0 Å². The molecule has 2 heteroatoms. The number of hydrogen-bond donors (Lipinski definition) is 1. The van der Waals surface area contributed by atoms with Crippen molar-refractivity contribution in [3.05, 3.63) is 12.2 Å². The minimum atomic E-state index is 0.650. The van der Waals surface area contributed by atoms with Crippen molar-refractivity contribution in [3.63, 3.8) is 0 Å². The Morgan fingerprint density at radius 1 is 1.42 bits per heavy atom. The van der Waals surface area contributed by atoms with Gasteiger partial charge in [0, 0.05) is 19.6 Å². The standard InChI is InChI=1S/C10H22N2/c1-4-10(2)9-12(3)8-6-5-7-11/h5-6,10H,4,7-9,11H2,1-3H3. The molecule has 0 fully saturated rings. The lowest BCUT2D eigenvalue weighted by Gasteiger charge is -2.18. The first-order chi connectivity index (χ1) is 5.70. The second-order valence-electron chi connectivity index (χ2n) is 3.44. The van der Waals surface area contributed by atoms with Crippen LogP contribution in [0.4, 0.5) is 0 Å². The molecule has 0 aromatic heterocycles. The maximum Gasteiger partial charge on any atom is 0.0160 e. The third kappa shape index (κ3) is 6.38. The lowest BCUT2D eigenvalue weighted by Crippen LogP contribution is -2.24. The summed E-state index contributed by atoms with van der Waals surface area (Å²) in [4.78, 5) is 2.32. The lowest BCUT2D eigenvalue weighted by atomic mass is 10.1. The maximum atomic E-state index is 5.34. The lowest BCUT2D eigenvalue weighted by molar-refractivity contribution is 0.307. The minimum Gasteiger partial charge on any atom is -0.327 e. The van der Waals surface area contributed by atoms with Crippen molar-refractivity contribution in [1.82, 2.24) is 4.90 Å². The molecule has 0 spiro atoms. The van der Waals surface area contributed by atoms with Gasteiger partial charge in [0.2, 0.25) is 0 Å². The molecule has 0 heterocycles. The zero-order chi connectivity index (χ0) is 9.40. The van der Waals surface area contributed by atoms with E-state index in [1.807, 2.05) is 6.08 Å². The Kier molecular flexibility index (Phi) is 7.11. The van der Waals surface area contributed by atoms with E-state index in [2.05, 4.69) is 31.9 Å². The normalized spacial score (nSPS) is 14.4. The molecule has 2 nitrogen and oxygen atoms in total. The third-order valence-corrected chi connectivity index (χ3v) is 2.04. The van der Waals surface area contributed by atoms with Gasteiger partial charge in [0.15, 0.2) is 0 Å². The Bertz CT molecular complexity index is 121. The van der Waals surface area contributed by atoms with Gasteiger partial charge < -0.3 is 10.6 Å². The van der Waals surface area contributed by atoms with Crippen molar-refractivity contribution in [2.45, 2.75) is 20.3 Å². The third-order valence-electron chi connectivity index (χ3n) is 2.04. The second-order valence-corrected chi connectivity index (χ2v) is 3.44. The number of nitrogens with two attached hydrogens (primary N) is 1. The molecular formula is C10H22N2. The predicted molar refractivity (Wildman–Crippen MR) is 55.1 cm³/mol. The Balaban J connectivity index is 3.45. The van der Waals surface area contributed by atoms with Crippen molar-refractivity contribution < 1.29 is 0 Å². The van der Waals surface area contributed by atoms with E-state index in [0.29, 0.717) is 6.54 Å². The van der Waals surface area contributed by atoms with Gasteiger partial charge in [-0.05, 0) is 13.0 Å². The maximum absolute atomic E-state index is 5.34. The SMILES string of the molecule is CCC(C)CN(C)CC=CCN. The van der Waals surface area contributed by atoms with Gasteiger partial charge in [-0.1, -0.05) is 32.4 Å². The van der Waals surface area contributed by atoms with E-state index in [-0.39, 0.29) is 0 Å². The molecule has 1 unspecified atom stereocenters. The summed E-state index contributed by atoms with van der Waals surface area (Å²) in [5, 5.41) is 0. The van der Waals surface area contributed by atoms with Crippen LogP contribution in [0.25, 0.3) is 0 Å². The largest absolute Gasteiger partial charge is 0.327 e. The first-order valence-corrected chi connectivity index (χ1v) is 4.74. The fourth-order valence-corrected chi connectivity index (χ4v) is 1.09. The minimum absolute atomic E-state index is 0.650. The summed E-state index contributed by atoms with van der Waals surface area (Å²) < 4.78 is 0. The molecule has 0 aliphatic carbocycles. The molecule has 0 aliphatic rings. The average Bonchev–Trinajstić information content (AvgIpc) is 2.05. The summed E-state index contributed by atoms with van der Waals surface area (Å²) in [6.45, 7) is 7.35. The molecule has 0 radical (unpaired) electrons. The van der Waals surface area contributed by atoms with Crippen LogP contribution in [0.1, 0.15) is 20.3 Å². The fourth-order valence-electron chi connectivity index (χ4n) is 1.09. The number of nitrogens with zero attached hydrogens (tertiary/aromatic N) is 1. The van der Waals surface area contributed by atoms with E-state index in [1.54, 1.807) is 0 Å². The number of likely N-dealkylation sites (N-methyl/N-ethyl adjacent to an activating group) is 1. The van der Waals surface area contributed by atoms with Crippen LogP contribution in [0.15, 0.2) is 12.2 Å². The summed E-state index contributed by atoms with van der Waals surface area (Å²) in [5.74, 6) is 0.793. The molecule has 0 saturated carbocycles. The molecular weight excluding hydrogens is 148 g/mol. The van der Waals surface area contributed by atoms with E-state index in [0.717, 1.165) is 12.5 Å². The highest BCUT2D eigenvalue weighted by Gasteiger charge is 2.01. The predicted octanol–water partition coefficient (Wildman–Crippen LogP) is 1.48.